The minimum absolute atomic E-state index is 0.288. The molecule has 0 saturated heterocycles. The van der Waals surface area contributed by atoms with Crippen molar-refractivity contribution in [3.8, 4) is 0 Å². The van der Waals surface area contributed by atoms with E-state index in [1.54, 1.807) is 21.0 Å². The molecule has 2 amide bonds. The lowest BCUT2D eigenvalue weighted by molar-refractivity contribution is -0.146. The van der Waals surface area contributed by atoms with E-state index in [1.165, 1.54) is 5.56 Å². The van der Waals surface area contributed by atoms with E-state index in [0.717, 1.165) is 11.4 Å². The van der Waals surface area contributed by atoms with E-state index in [9.17, 15) is 9.59 Å². The van der Waals surface area contributed by atoms with Crippen LogP contribution in [0.1, 0.15) is 18.9 Å². The van der Waals surface area contributed by atoms with Crippen molar-refractivity contribution in [2.45, 2.75) is 25.3 Å². The highest BCUT2D eigenvalue weighted by Crippen LogP contribution is 2.16. The molecule has 0 aliphatic rings. The van der Waals surface area contributed by atoms with Gasteiger partial charge in [0.15, 0.2) is 0 Å². The minimum atomic E-state index is -0.778. The maximum Gasteiger partial charge on any atom is 0.263 e. The number of nitrogens with one attached hydrogen (secondary N) is 2. The van der Waals surface area contributed by atoms with Crippen LogP contribution in [-0.2, 0) is 16.0 Å². The number of amides is 2. The molecule has 2 N–H and O–H groups in total. The number of carbonyl (C=O) groups is 2. The standard InChI is InChI=1S/C14H21N3O2/c1-14(15-2,13(19)17(11-18)16-3)10-9-12-7-5-4-6-8-12/h4-8,11,15-16H,9-10H2,1-3H3. The second kappa shape index (κ2) is 7.01. The number of rotatable bonds is 7. The molecule has 1 atom stereocenters. The molecule has 0 aliphatic heterocycles. The van der Waals surface area contributed by atoms with Gasteiger partial charge in [-0.1, -0.05) is 30.3 Å². The smallest absolute Gasteiger partial charge is 0.263 e. The van der Waals surface area contributed by atoms with Crippen molar-refractivity contribution < 1.29 is 9.59 Å². The molecule has 0 saturated carbocycles. The first-order valence-electron chi connectivity index (χ1n) is 6.26. The molecule has 0 fully saturated rings. The van der Waals surface area contributed by atoms with Crippen LogP contribution in [-0.4, -0.2) is 37.0 Å². The fourth-order valence-electron chi connectivity index (χ4n) is 1.85. The number of likely N-dealkylation sites (N-methyl/N-ethyl adjacent to an activating group) is 1. The van der Waals surface area contributed by atoms with Crippen LogP contribution in [0.3, 0.4) is 0 Å². The summed E-state index contributed by atoms with van der Waals surface area (Å²) in [5, 5.41) is 3.97. The van der Waals surface area contributed by atoms with Gasteiger partial charge in [0.2, 0.25) is 6.41 Å². The van der Waals surface area contributed by atoms with Gasteiger partial charge in [-0.05, 0) is 32.4 Å². The molecule has 0 aliphatic carbocycles. The Morgan fingerprint density at radius 3 is 2.42 bits per heavy atom. The predicted octanol–water partition coefficient (Wildman–Crippen LogP) is 0.717. The largest absolute Gasteiger partial charge is 0.307 e. The number of hydrogen-bond acceptors (Lipinski definition) is 4. The van der Waals surface area contributed by atoms with Crippen LogP contribution < -0.4 is 10.7 Å². The van der Waals surface area contributed by atoms with Gasteiger partial charge in [0, 0.05) is 7.05 Å². The third-order valence-corrected chi connectivity index (χ3v) is 3.35. The summed E-state index contributed by atoms with van der Waals surface area (Å²) in [5.74, 6) is -0.288. The topological polar surface area (TPSA) is 61.4 Å². The highest BCUT2D eigenvalue weighted by molar-refractivity contribution is 5.92. The minimum Gasteiger partial charge on any atom is -0.307 e. The summed E-state index contributed by atoms with van der Waals surface area (Å²) in [6, 6.07) is 9.95. The molecule has 0 aromatic heterocycles. The number of aryl methyl sites for hydroxylation is 1. The van der Waals surface area contributed by atoms with E-state index in [1.807, 2.05) is 30.3 Å². The quantitative estimate of drug-likeness (QED) is 0.562. The fraction of sp³-hybridized carbons (Fsp3) is 0.429. The van der Waals surface area contributed by atoms with Crippen molar-refractivity contribution in [3.05, 3.63) is 35.9 Å². The molecule has 1 unspecified atom stereocenters. The van der Waals surface area contributed by atoms with Crippen molar-refractivity contribution in [1.29, 1.82) is 0 Å². The molecule has 0 heterocycles. The second-order valence-electron chi connectivity index (χ2n) is 4.57. The third kappa shape index (κ3) is 3.87. The molecule has 104 valence electrons. The molecule has 1 aromatic rings. The summed E-state index contributed by atoms with van der Waals surface area (Å²) >= 11 is 0. The van der Waals surface area contributed by atoms with Crippen molar-refractivity contribution >= 4 is 12.3 Å². The lowest BCUT2D eigenvalue weighted by atomic mass is 9.92. The molecular weight excluding hydrogens is 242 g/mol. The third-order valence-electron chi connectivity index (χ3n) is 3.35. The Balaban J connectivity index is 2.74. The summed E-state index contributed by atoms with van der Waals surface area (Å²) in [7, 11) is 3.26. The van der Waals surface area contributed by atoms with E-state index >= 15 is 0 Å². The van der Waals surface area contributed by atoms with Crippen molar-refractivity contribution in [2.24, 2.45) is 0 Å². The van der Waals surface area contributed by atoms with Gasteiger partial charge in [-0.2, -0.15) is 0 Å². The Morgan fingerprint density at radius 2 is 1.95 bits per heavy atom. The summed E-state index contributed by atoms with van der Waals surface area (Å²) in [6.07, 6.45) is 1.86. The van der Waals surface area contributed by atoms with E-state index in [4.69, 9.17) is 0 Å². The van der Waals surface area contributed by atoms with Gasteiger partial charge in [-0.25, -0.2) is 10.4 Å². The van der Waals surface area contributed by atoms with Gasteiger partial charge in [0.25, 0.3) is 5.91 Å². The summed E-state index contributed by atoms with van der Waals surface area (Å²) in [6.45, 7) is 1.80. The molecule has 0 bridgehead atoms. The maximum absolute atomic E-state index is 12.2. The zero-order chi connectivity index (χ0) is 14.3. The monoisotopic (exact) mass is 263 g/mol. The molecule has 0 radical (unpaired) electrons. The summed E-state index contributed by atoms with van der Waals surface area (Å²) in [5.41, 5.74) is 2.95. The van der Waals surface area contributed by atoms with Gasteiger partial charge >= 0.3 is 0 Å². The van der Waals surface area contributed by atoms with Crippen molar-refractivity contribution in [1.82, 2.24) is 15.8 Å². The lowest BCUT2D eigenvalue weighted by Gasteiger charge is -2.31. The Labute approximate surface area is 114 Å². The zero-order valence-corrected chi connectivity index (χ0v) is 11.6. The van der Waals surface area contributed by atoms with Gasteiger partial charge in [-0.3, -0.25) is 9.59 Å². The first kappa shape index (κ1) is 15.3. The van der Waals surface area contributed by atoms with Crippen LogP contribution in [0.5, 0.6) is 0 Å². The van der Waals surface area contributed by atoms with Crippen LogP contribution in [0.25, 0.3) is 0 Å². The van der Waals surface area contributed by atoms with Crippen molar-refractivity contribution in [3.63, 3.8) is 0 Å². The lowest BCUT2D eigenvalue weighted by Crippen LogP contribution is -2.57. The highest BCUT2D eigenvalue weighted by Gasteiger charge is 2.34. The number of nitrogens with zero attached hydrogens (tertiary/aromatic N) is 1. The molecular formula is C14H21N3O2. The van der Waals surface area contributed by atoms with Gasteiger partial charge < -0.3 is 5.32 Å². The molecule has 1 aromatic carbocycles. The Morgan fingerprint density at radius 1 is 1.32 bits per heavy atom. The van der Waals surface area contributed by atoms with E-state index in [-0.39, 0.29) is 5.91 Å². The fourth-order valence-corrected chi connectivity index (χ4v) is 1.85. The number of imide groups is 1. The second-order valence-corrected chi connectivity index (χ2v) is 4.57. The highest BCUT2D eigenvalue weighted by atomic mass is 16.2. The zero-order valence-electron chi connectivity index (χ0n) is 11.6. The molecule has 5 nitrogen and oxygen atoms in total. The van der Waals surface area contributed by atoms with Crippen LogP contribution in [0.15, 0.2) is 30.3 Å². The molecule has 0 spiro atoms. The van der Waals surface area contributed by atoms with Crippen LogP contribution in [0, 0.1) is 0 Å². The average molecular weight is 263 g/mol. The van der Waals surface area contributed by atoms with E-state index in [0.29, 0.717) is 12.8 Å². The Bertz CT molecular complexity index is 422. The first-order valence-corrected chi connectivity index (χ1v) is 6.26. The van der Waals surface area contributed by atoms with Gasteiger partial charge in [0.1, 0.15) is 0 Å². The Hall–Kier alpha value is -1.72. The summed E-state index contributed by atoms with van der Waals surface area (Å²) in [4.78, 5) is 23.1. The van der Waals surface area contributed by atoms with Crippen LogP contribution >= 0.6 is 0 Å². The van der Waals surface area contributed by atoms with E-state index < -0.39 is 5.54 Å². The predicted molar refractivity (Wildman–Crippen MR) is 74.2 cm³/mol. The number of hydrazine groups is 1. The number of benzene rings is 1. The maximum atomic E-state index is 12.2. The van der Waals surface area contributed by atoms with Crippen LogP contribution in [0.4, 0.5) is 0 Å². The van der Waals surface area contributed by atoms with Crippen LogP contribution in [0.2, 0.25) is 0 Å². The molecule has 5 heteroatoms. The van der Waals surface area contributed by atoms with Gasteiger partial charge in [-0.15, -0.1) is 0 Å². The van der Waals surface area contributed by atoms with Gasteiger partial charge in [0.05, 0.1) is 5.54 Å². The Kier molecular flexibility index (Phi) is 5.66. The molecule has 1 rings (SSSR count). The summed E-state index contributed by atoms with van der Waals surface area (Å²) < 4.78 is 0. The average Bonchev–Trinajstić information content (AvgIpc) is 2.47. The van der Waals surface area contributed by atoms with Crippen molar-refractivity contribution in [2.75, 3.05) is 14.1 Å². The molecule has 19 heavy (non-hydrogen) atoms. The normalized spacial score (nSPS) is 13.6. The number of carbonyl (C=O) groups excluding carboxylic acids is 2. The SMILES string of the molecule is CNN(C=O)C(=O)C(C)(CCc1ccccc1)NC. The van der Waals surface area contributed by atoms with E-state index in [2.05, 4.69) is 10.7 Å². The first-order chi connectivity index (χ1) is 9.07. The number of hydrogen-bond donors (Lipinski definition) is 2.